The van der Waals surface area contributed by atoms with Gasteiger partial charge in [-0.3, -0.25) is 5.32 Å². The highest BCUT2D eigenvalue weighted by atomic mass is 15.0. The topological polar surface area (TPSA) is 35.8 Å². The minimum absolute atomic E-state index is 0.199. The van der Waals surface area contributed by atoms with Gasteiger partial charge in [-0.25, -0.2) is 0 Å². The van der Waals surface area contributed by atoms with E-state index in [9.17, 15) is 5.26 Å². The van der Waals surface area contributed by atoms with Gasteiger partial charge in [-0.15, -0.1) is 0 Å². The molecule has 0 heterocycles. The first-order chi connectivity index (χ1) is 8.85. The van der Waals surface area contributed by atoms with Crippen molar-refractivity contribution in [2.24, 2.45) is 0 Å². The summed E-state index contributed by atoms with van der Waals surface area (Å²) in [4.78, 5) is 0. The molecule has 1 N–H and O–H groups in total. The minimum atomic E-state index is -0.199. The molecule has 2 aliphatic rings. The summed E-state index contributed by atoms with van der Waals surface area (Å²) < 4.78 is 0. The summed E-state index contributed by atoms with van der Waals surface area (Å²) in [5.74, 6) is 0. The molecule has 2 heteroatoms. The second-order valence-electron chi connectivity index (χ2n) is 6.29. The maximum absolute atomic E-state index is 9.65. The van der Waals surface area contributed by atoms with Crippen LogP contribution < -0.4 is 5.32 Å². The molecule has 0 atom stereocenters. The fraction of sp³-hybridized carbons (Fsp3) is 0.938. The minimum Gasteiger partial charge on any atom is -0.297 e. The van der Waals surface area contributed by atoms with Gasteiger partial charge in [0.1, 0.15) is 5.54 Å². The maximum atomic E-state index is 9.65. The summed E-state index contributed by atoms with van der Waals surface area (Å²) in [7, 11) is 0. The Morgan fingerprint density at radius 2 is 1.28 bits per heavy atom. The lowest BCUT2D eigenvalue weighted by Crippen LogP contribution is -2.49. The Bertz CT molecular complexity index is 263. The van der Waals surface area contributed by atoms with E-state index in [1.165, 1.54) is 70.6 Å². The second-order valence-corrected chi connectivity index (χ2v) is 6.29. The molecule has 0 amide bonds. The van der Waals surface area contributed by atoms with Gasteiger partial charge in [0.25, 0.3) is 0 Å². The highest BCUT2D eigenvalue weighted by Crippen LogP contribution is 2.28. The van der Waals surface area contributed by atoms with E-state index in [1.807, 2.05) is 0 Å². The Morgan fingerprint density at radius 3 is 1.83 bits per heavy atom. The number of nitrogens with zero attached hydrogens (tertiary/aromatic N) is 1. The van der Waals surface area contributed by atoms with Crippen LogP contribution in [0.25, 0.3) is 0 Å². The average Bonchev–Trinajstić information content (AvgIpc) is 2.61. The summed E-state index contributed by atoms with van der Waals surface area (Å²) in [5, 5.41) is 13.4. The molecule has 0 aromatic carbocycles. The number of nitrogens with one attached hydrogen (secondary N) is 1. The van der Waals surface area contributed by atoms with Crippen molar-refractivity contribution in [1.82, 2.24) is 5.32 Å². The summed E-state index contributed by atoms with van der Waals surface area (Å²) in [6, 6.07) is 3.25. The van der Waals surface area contributed by atoms with E-state index in [0.717, 1.165) is 12.8 Å². The van der Waals surface area contributed by atoms with Crippen LogP contribution in [0.1, 0.15) is 83.5 Å². The fourth-order valence-electron chi connectivity index (χ4n) is 3.61. The van der Waals surface area contributed by atoms with E-state index in [2.05, 4.69) is 11.4 Å². The van der Waals surface area contributed by atoms with Crippen molar-refractivity contribution < 1.29 is 0 Å². The van der Waals surface area contributed by atoms with Crippen molar-refractivity contribution in [2.75, 3.05) is 0 Å². The molecule has 0 spiro atoms. The first-order valence-corrected chi connectivity index (χ1v) is 8.04. The highest BCUT2D eigenvalue weighted by molar-refractivity contribution is 5.08. The Balaban J connectivity index is 1.94. The Morgan fingerprint density at radius 1 is 0.778 bits per heavy atom. The maximum Gasteiger partial charge on any atom is 0.106 e. The number of rotatable bonds is 2. The standard InChI is InChI=1S/C16H28N2/c17-14-16(12-8-4-1-5-9-13-16)18-15-10-6-2-3-7-11-15/h15,18H,1-13H2. The zero-order valence-electron chi connectivity index (χ0n) is 11.7. The zero-order chi connectivity index (χ0) is 12.7. The van der Waals surface area contributed by atoms with Gasteiger partial charge in [0.2, 0.25) is 0 Å². The fourth-order valence-corrected chi connectivity index (χ4v) is 3.61. The van der Waals surface area contributed by atoms with E-state index >= 15 is 0 Å². The Kier molecular flexibility index (Phi) is 5.50. The smallest absolute Gasteiger partial charge is 0.106 e. The molecule has 2 nitrogen and oxygen atoms in total. The van der Waals surface area contributed by atoms with Crippen LogP contribution in [0.5, 0.6) is 0 Å². The van der Waals surface area contributed by atoms with Gasteiger partial charge < -0.3 is 0 Å². The third-order valence-electron chi connectivity index (χ3n) is 4.76. The zero-order valence-corrected chi connectivity index (χ0v) is 11.7. The molecule has 2 aliphatic carbocycles. The monoisotopic (exact) mass is 248 g/mol. The lowest BCUT2D eigenvalue weighted by molar-refractivity contribution is 0.271. The largest absolute Gasteiger partial charge is 0.297 e. The molecule has 0 unspecified atom stereocenters. The second kappa shape index (κ2) is 7.14. The van der Waals surface area contributed by atoms with Gasteiger partial charge in [0.05, 0.1) is 6.07 Å². The van der Waals surface area contributed by atoms with Crippen LogP contribution in [-0.2, 0) is 0 Å². The quantitative estimate of drug-likeness (QED) is 0.739. The molecular weight excluding hydrogens is 220 g/mol. The van der Waals surface area contributed by atoms with Crippen LogP contribution in [0.2, 0.25) is 0 Å². The SMILES string of the molecule is N#CC1(NC2CCCCCC2)CCCCCCC1. The van der Waals surface area contributed by atoms with Gasteiger partial charge in [-0.1, -0.05) is 57.8 Å². The molecule has 2 rings (SSSR count). The summed E-state index contributed by atoms with van der Waals surface area (Å²) in [5.41, 5.74) is -0.199. The first-order valence-electron chi connectivity index (χ1n) is 8.04. The Labute approximate surface area is 112 Å². The third-order valence-corrected chi connectivity index (χ3v) is 4.76. The average molecular weight is 248 g/mol. The predicted octanol–water partition coefficient (Wildman–Crippen LogP) is 4.31. The molecule has 18 heavy (non-hydrogen) atoms. The molecule has 2 fully saturated rings. The molecular formula is C16H28N2. The van der Waals surface area contributed by atoms with Gasteiger partial charge in [0.15, 0.2) is 0 Å². The number of hydrogen-bond acceptors (Lipinski definition) is 2. The number of nitriles is 1. The van der Waals surface area contributed by atoms with E-state index < -0.39 is 0 Å². The van der Waals surface area contributed by atoms with Gasteiger partial charge >= 0.3 is 0 Å². The van der Waals surface area contributed by atoms with Crippen LogP contribution in [0.3, 0.4) is 0 Å². The molecule has 0 saturated heterocycles. The molecule has 102 valence electrons. The summed E-state index contributed by atoms with van der Waals surface area (Å²) in [6.45, 7) is 0. The predicted molar refractivity (Wildman–Crippen MR) is 75.3 cm³/mol. The first kappa shape index (κ1) is 13.9. The van der Waals surface area contributed by atoms with Gasteiger partial charge in [-0.05, 0) is 25.7 Å². The molecule has 2 saturated carbocycles. The van der Waals surface area contributed by atoms with E-state index in [0.29, 0.717) is 6.04 Å². The third kappa shape index (κ3) is 3.99. The van der Waals surface area contributed by atoms with Gasteiger partial charge in [-0.2, -0.15) is 5.26 Å². The normalized spacial score (nSPS) is 26.6. The summed E-state index contributed by atoms with van der Waals surface area (Å²) in [6.07, 6.45) is 16.6. The van der Waals surface area contributed by atoms with Crippen LogP contribution in [0, 0.1) is 11.3 Å². The van der Waals surface area contributed by atoms with Crippen molar-refractivity contribution in [2.45, 2.75) is 95.1 Å². The van der Waals surface area contributed by atoms with Crippen molar-refractivity contribution in [3.05, 3.63) is 0 Å². The van der Waals surface area contributed by atoms with Crippen molar-refractivity contribution in [3.8, 4) is 6.07 Å². The highest BCUT2D eigenvalue weighted by Gasteiger charge is 2.32. The van der Waals surface area contributed by atoms with Crippen molar-refractivity contribution in [1.29, 1.82) is 5.26 Å². The number of hydrogen-bond donors (Lipinski definition) is 1. The molecule has 0 aromatic rings. The molecule has 0 aromatic heterocycles. The van der Waals surface area contributed by atoms with Crippen molar-refractivity contribution in [3.63, 3.8) is 0 Å². The van der Waals surface area contributed by atoms with Crippen LogP contribution in [0.15, 0.2) is 0 Å². The lowest BCUT2D eigenvalue weighted by Gasteiger charge is -2.34. The molecule has 0 bridgehead atoms. The van der Waals surface area contributed by atoms with E-state index in [4.69, 9.17) is 0 Å². The Hall–Kier alpha value is -0.550. The van der Waals surface area contributed by atoms with E-state index in [-0.39, 0.29) is 5.54 Å². The van der Waals surface area contributed by atoms with Crippen LogP contribution in [0.4, 0.5) is 0 Å². The van der Waals surface area contributed by atoms with Crippen LogP contribution in [-0.4, -0.2) is 11.6 Å². The van der Waals surface area contributed by atoms with Crippen molar-refractivity contribution >= 4 is 0 Å². The summed E-state index contributed by atoms with van der Waals surface area (Å²) >= 11 is 0. The van der Waals surface area contributed by atoms with Crippen LogP contribution >= 0.6 is 0 Å². The van der Waals surface area contributed by atoms with Gasteiger partial charge in [0, 0.05) is 6.04 Å². The van der Waals surface area contributed by atoms with E-state index in [1.54, 1.807) is 0 Å². The lowest BCUT2D eigenvalue weighted by atomic mass is 9.84. The molecule has 0 aliphatic heterocycles. The molecule has 0 radical (unpaired) electrons.